The zero-order chi connectivity index (χ0) is 22.9. The fraction of sp³-hybridized carbons (Fsp3) is 0.625. The van der Waals surface area contributed by atoms with E-state index in [4.69, 9.17) is 21.1 Å². The van der Waals surface area contributed by atoms with Crippen LogP contribution in [-0.2, 0) is 28.8 Å². The summed E-state index contributed by atoms with van der Waals surface area (Å²) in [7, 11) is 0. The zero-order valence-electron chi connectivity index (χ0n) is 16.2. The molecular weight excluding hydrogens is 392 g/mol. The summed E-state index contributed by atoms with van der Waals surface area (Å²) in [5, 5.41) is 32.8. The quantitative estimate of drug-likeness (QED) is 0.176. The Labute approximate surface area is 166 Å². The van der Waals surface area contributed by atoms with Crippen molar-refractivity contribution in [2.45, 2.75) is 57.8 Å². The molecule has 0 heterocycles. The summed E-state index contributed by atoms with van der Waals surface area (Å²) in [6.07, 6.45) is -1.67. The molecular formula is C16H26N4O9. The first-order chi connectivity index (χ1) is 13.3. The number of carbonyl (C=O) groups is 6. The van der Waals surface area contributed by atoms with Crippen LogP contribution in [0.25, 0.3) is 0 Å². The second kappa shape index (κ2) is 11.6. The molecule has 164 valence electrons. The molecule has 13 heteroatoms. The maximum absolute atomic E-state index is 12.3. The van der Waals surface area contributed by atoms with Crippen molar-refractivity contribution in [3.63, 3.8) is 0 Å². The van der Waals surface area contributed by atoms with Gasteiger partial charge in [-0.3, -0.25) is 24.0 Å². The van der Waals surface area contributed by atoms with Crippen LogP contribution in [-0.4, -0.2) is 75.1 Å². The highest BCUT2D eigenvalue weighted by molar-refractivity contribution is 5.95. The molecule has 0 fully saturated rings. The molecule has 0 aliphatic carbocycles. The molecule has 0 bridgehead atoms. The van der Waals surface area contributed by atoms with Crippen LogP contribution in [0, 0.1) is 5.92 Å². The fourth-order valence-electron chi connectivity index (χ4n) is 2.01. The molecule has 29 heavy (non-hydrogen) atoms. The lowest BCUT2D eigenvalue weighted by Gasteiger charge is -2.23. The number of hydrogen-bond acceptors (Lipinski definition) is 7. The van der Waals surface area contributed by atoms with Gasteiger partial charge in [-0.1, -0.05) is 13.8 Å². The van der Waals surface area contributed by atoms with Gasteiger partial charge in [-0.2, -0.15) is 0 Å². The number of carboxylic acid groups (broad SMARTS) is 3. The topological polar surface area (TPSA) is 225 Å². The number of aliphatic carboxylic acids is 3. The van der Waals surface area contributed by atoms with Crippen molar-refractivity contribution in [1.29, 1.82) is 0 Å². The third-order valence-corrected chi connectivity index (χ3v) is 3.78. The van der Waals surface area contributed by atoms with Gasteiger partial charge in [-0.05, 0) is 12.8 Å². The summed E-state index contributed by atoms with van der Waals surface area (Å²) >= 11 is 0. The van der Waals surface area contributed by atoms with E-state index in [9.17, 15) is 28.8 Å². The minimum atomic E-state index is -1.72. The number of nitrogens with two attached hydrogens (primary N) is 1. The Hall–Kier alpha value is -3.22. The number of amides is 3. The van der Waals surface area contributed by atoms with Crippen LogP contribution < -0.4 is 21.7 Å². The highest BCUT2D eigenvalue weighted by Crippen LogP contribution is 2.02. The molecule has 0 saturated carbocycles. The molecule has 0 radical (unpaired) electrons. The lowest BCUT2D eigenvalue weighted by molar-refractivity contribution is -0.147. The average molecular weight is 418 g/mol. The summed E-state index contributed by atoms with van der Waals surface area (Å²) < 4.78 is 0. The molecule has 0 aliphatic heterocycles. The van der Waals surface area contributed by atoms with Gasteiger partial charge in [0.25, 0.3) is 0 Å². The standard InChI is InChI=1S/C16H26N4O9/c1-6(2)12(17)15(27)19-8(4-10(21)22)14(26)18-7(3)13(25)20-9(16(28)29)5-11(23)24/h6-9,12H,4-5,17H2,1-3H3,(H,18,26)(H,19,27)(H,20,25)(H,21,22)(H,23,24)(H,28,29). The Balaban J connectivity index is 5.11. The number of carboxylic acids is 3. The van der Waals surface area contributed by atoms with Crippen molar-refractivity contribution in [3.8, 4) is 0 Å². The molecule has 3 amide bonds. The molecule has 8 N–H and O–H groups in total. The van der Waals surface area contributed by atoms with Gasteiger partial charge in [0.15, 0.2) is 0 Å². The molecule has 0 spiro atoms. The van der Waals surface area contributed by atoms with Gasteiger partial charge in [0.2, 0.25) is 17.7 Å². The zero-order valence-corrected chi connectivity index (χ0v) is 16.2. The van der Waals surface area contributed by atoms with Crippen molar-refractivity contribution >= 4 is 35.6 Å². The summed E-state index contributed by atoms with van der Waals surface area (Å²) in [4.78, 5) is 69.0. The Morgan fingerprint density at radius 2 is 1.17 bits per heavy atom. The number of rotatable bonds is 12. The summed E-state index contributed by atoms with van der Waals surface area (Å²) in [6.45, 7) is 4.48. The number of nitrogens with one attached hydrogen (secondary N) is 3. The van der Waals surface area contributed by atoms with E-state index in [0.29, 0.717) is 0 Å². The minimum absolute atomic E-state index is 0.282. The monoisotopic (exact) mass is 418 g/mol. The largest absolute Gasteiger partial charge is 0.481 e. The SMILES string of the molecule is CC(NC(=O)C(CC(=O)O)NC(=O)C(N)C(C)C)C(=O)NC(CC(=O)O)C(=O)O. The molecule has 0 saturated heterocycles. The van der Waals surface area contributed by atoms with Gasteiger partial charge in [-0.25, -0.2) is 4.79 Å². The van der Waals surface area contributed by atoms with Crippen LogP contribution in [0.1, 0.15) is 33.6 Å². The van der Waals surface area contributed by atoms with Crippen LogP contribution in [0.4, 0.5) is 0 Å². The Kier molecular flexibility index (Phi) is 10.3. The molecule has 0 aromatic rings. The molecule has 0 aromatic carbocycles. The molecule has 0 rings (SSSR count). The van der Waals surface area contributed by atoms with E-state index in [1.165, 1.54) is 6.92 Å². The Morgan fingerprint density at radius 1 is 0.724 bits per heavy atom. The van der Waals surface area contributed by atoms with Crippen LogP contribution in [0.5, 0.6) is 0 Å². The van der Waals surface area contributed by atoms with Crippen molar-refractivity contribution in [2.75, 3.05) is 0 Å². The first-order valence-corrected chi connectivity index (χ1v) is 8.59. The van der Waals surface area contributed by atoms with Gasteiger partial charge in [-0.15, -0.1) is 0 Å². The van der Waals surface area contributed by atoms with Gasteiger partial charge in [0, 0.05) is 0 Å². The number of carbonyl (C=O) groups excluding carboxylic acids is 3. The second-order valence-electron chi connectivity index (χ2n) is 6.66. The van der Waals surface area contributed by atoms with Crippen molar-refractivity contribution < 1.29 is 44.1 Å². The fourth-order valence-corrected chi connectivity index (χ4v) is 2.01. The van der Waals surface area contributed by atoms with Crippen LogP contribution in [0.15, 0.2) is 0 Å². The van der Waals surface area contributed by atoms with Crippen molar-refractivity contribution in [2.24, 2.45) is 11.7 Å². The van der Waals surface area contributed by atoms with E-state index in [2.05, 4.69) is 10.6 Å². The third-order valence-electron chi connectivity index (χ3n) is 3.78. The molecule has 4 unspecified atom stereocenters. The maximum atomic E-state index is 12.3. The van der Waals surface area contributed by atoms with Crippen LogP contribution >= 0.6 is 0 Å². The number of hydrogen-bond donors (Lipinski definition) is 7. The Bertz CT molecular complexity index is 665. The van der Waals surface area contributed by atoms with E-state index in [-0.39, 0.29) is 5.92 Å². The smallest absolute Gasteiger partial charge is 0.326 e. The first-order valence-electron chi connectivity index (χ1n) is 8.59. The summed E-state index contributed by atoms with van der Waals surface area (Å²) in [6, 6.07) is -5.59. The highest BCUT2D eigenvalue weighted by atomic mass is 16.4. The van der Waals surface area contributed by atoms with E-state index in [1.807, 2.05) is 5.32 Å². The molecule has 4 atom stereocenters. The molecule has 0 aliphatic rings. The maximum Gasteiger partial charge on any atom is 0.326 e. The summed E-state index contributed by atoms with van der Waals surface area (Å²) in [5.74, 6) is -7.50. The van der Waals surface area contributed by atoms with E-state index in [1.54, 1.807) is 13.8 Å². The molecule has 0 aromatic heterocycles. The van der Waals surface area contributed by atoms with Crippen LogP contribution in [0.2, 0.25) is 0 Å². The van der Waals surface area contributed by atoms with Crippen molar-refractivity contribution in [1.82, 2.24) is 16.0 Å². The van der Waals surface area contributed by atoms with Gasteiger partial charge in [0.1, 0.15) is 18.1 Å². The van der Waals surface area contributed by atoms with E-state index >= 15 is 0 Å². The van der Waals surface area contributed by atoms with E-state index in [0.717, 1.165) is 0 Å². The van der Waals surface area contributed by atoms with Gasteiger partial charge in [0.05, 0.1) is 18.9 Å². The molecule has 13 nitrogen and oxygen atoms in total. The second-order valence-corrected chi connectivity index (χ2v) is 6.66. The van der Waals surface area contributed by atoms with Crippen LogP contribution in [0.3, 0.4) is 0 Å². The van der Waals surface area contributed by atoms with E-state index < -0.39 is 72.6 Å². The normalized spacial score (nSPS) is 14.8. The summed E-state index contributed by atoms with van der Waals surface area (Å²) in [5.41, 5.74) is 5.65. The predicted octanol–water partition coefficient (Wildman–Crippen LogP) is -2.52. The van der Waals surface area contributed by atoms with Gasteiger partial charge >= 0.3 is 17.9 Å². The van der Waals surface area contributed by atoms with Gasteiger partial charge < -0.3 is 37.0 Å². The Morgan fingerprint density at radius 3 is 1.59 bits per heavy atom. The average Bonchev–Trinajstić information content (AvgIpc) is 2.58. The first kappa shape index (κ1) is 25.8. The highest BCUT2D eigenvalue weighted by Gasteiger charge is 2.30. The van der Waals surface area contributed by atoms with Crippen molar-refractivity contribution in [3.05, 3.63) is 0 Å². The minimum Gasteiger partial charge on any atom is -0.481 e. The lowest BCUT2D eigenvalue weighted by atomic mass is 10.0. The third kappa shape index (κ3) is 9.51. The lowest BCUT2D eigenvalue weighted by Crippen LogP contribution is -2.57. The predicted molar refractivity (Wildman–Crippen MR) is 96.4 cm³/mol.